The maximum absolute atomic E-state index is 12.0. The number of nitrogens with zero attached hydrogens (tertiary/aromatic N) is 1. The van der Waals surface area contributed by atoms with E-state index in [4.69, 9.17) is 5.73 Å². The first-order valence-electron chi connectivity index (χ1n) is 6.54. The molecule has 3 N–H and O–H groups in total. The molecule has 0 amide bonds. The monoisotopic (exact) mass is 276 g/mol. The minimum Gasteiger partial charge on any atom is -0.393 e. The van der Waals surface area contributed by atoms with E-state index in [9.17, 15) is 4.79 Å². The van der Waals surface area contributed by atoms with Gasteiger partial charge < -0.3 is 15.5 Å². The van der Waals surface area contributed by atoms with Crippen LogP contribution in [0.3, 0.4) is 0 Å². The summed E-state index contributed by atoms with van der Waals surface area (Å²) in [6, 6.07) is 8.02. The van der Waals surface area contributed by atoms with Gasteiger partial charge in [-0.05, 0) is 6.07 Å². The van der Waals surface area contributed by atoms with Crippen molar-refractivity contribution >= 4 is 32.8 Å². The zero-order valence-corrected chi connectivity index (χ0v) is 11.8. The second-order valence-electron chi connectivity index (χ2n) is 5.09. The SMILES string of the molecule is C[NH+]1CCN(c2c(N)c(=O)sc3ccccc23)CC1. The van der Waals surface area contributed by atoms with E-state index in [1.807, 2.05) is 18.2 Å². The molecule has 3 rings (SSSR count). The molecule has 1 aliphatic heterocycles. The number of rotatable bonds is 1. The van der Waals surface area contributed by atoms with E-state index < -0.39 is 0 Å². The lowest BCUT2D eigenvalue weighted by molar-refractivity contribution is -0.880. The van der Waals surface area contributed by atoms with Crippen LogP contribution in [0.1, 0.15) is 0 Å². The van der Waals surface area contributed by atoms with Crippen LogP contribution in [0.4, 0.5) is 11.4 Å². The standard InChI is InChI=1S/C14H17N3OS/c1-16-6-8-17(9-7-16)13-10-4-2-3-5-11(10)19-14(18)12(13)15/h2-5H,6-9,15H2,1H3/p+1. The Kier molecular flexibility index (Phi) is 3.16. The van der Waals surface area contributed by atoms with E-state index in [0.29, 0.717) is 5.69 Å². The third kappa shape index (κ3) is 2.19. The predicted molar refractivity (Wildman–Crippen MR) is 81.3 cm³/mol. The molecule has 0 radical (unpaired) electrons. The van der Waals surface area contributed by atoms with Gasteiger partial charge >= 0.3 is 0 Å². The van der Waals surface area contributed by atoms with Crippen molar-refractivity contribution in [2.45, 2.75) is 0 Å². The number of likely N-dealkylation sites (N-methyl/N-ethyl adjacent to an activating group) is 1. The minimum absolute atomic E-state index is 0.0278. The molecule has 0 saturated carbocycles. The number of nitrogens with one attached hydrogen (secondary N) is 1. The Hall–Kier alpha value is -1.59. The van der Waals surface area contributed by atoms with Crippen LogP contribution in [-0.2, 0) is 0 Å². The van der Waals surface area contributed by atoms with Gasteiger partial charge in [-0.2, -0.15) is 0 Å². The summed E-state index contributed by atoms with van der Waals surface area (Å²) < 4.78 is 0.989. The topological polar surface area (TPSA) is 50.8 Å². The summed E-state index contributed by atoms with van der Waals surface area (Å²) in [5, 5.41) is 1.10. The van der Waals surface area contributed by atoms with Crippen LogP contribution in [0.5, 0.6) is 0 Å². The lowest BCUT2D eigenvalue weighted by atomic mass is 10.1. The van der Waals surface area contributed by atoms with Crippen molar-refractivity contribution < 1.29 is 4.90 Å². The normalized spacial score (nSPS) is 17.0. The average Bonchev–Trinajstić information content (AvgIpc) is 2.42. The van der Waals surface area contributed by atoms with E-state index in [-0.39, 0.29) is 4.74 Å². The number of hydrogen-bond acceptors (Lipinski definition) is 4. The van der Waals surface area contributed by atoms with Gasteiger partial charge in [0.05, 0.1) is 38.9 Å². The van der Waals surface area contributed by atoms with Gasteiger partial charge in [-0.25, -0.2) is 0 Å². The van der Waals surface area contributed by atoms with Crippen molar-refractivity contribution in [3.63, 3.8) is 0 Å². The number of anilines is 2. The number of piperazine rings is 1. The lowest BCUT2D eigenvalue weighted by Crippen LogP contribution is -3.12. The molecule has 0 bridgehead atoms. The molecule has 1 aliphatic rings. The second-order valence-corrected chi connectivity index (χ2v) is 6.11. The Balaban J connectivity index is 2.16. The maximum atomic E-state index is 12.0. The molecule has 1 fully saturated rings. The van der Waals surface area contributed by atoms with E-state index in [2.05, 4.69) is 18.0 Å². The van der Waals surface area contributed by atoms with Crippen LogP contribution >= 0.6 is 11.3 Å². The number of hydrogen-bond donors (Lipinski definition) is 2. The van der Waals surface area contributed by atoms with E-state index in [1.54, 1.807) is 0 Å². The Morgan fingerprint density at radius 1 is 1.26 bits per heavy atom. The summed E-state index contributed by atoms with van der Waals surface area (Å²) in [4.78, 5) is 15.8. The van der Waals surface area contributed by atoms with E-state index >= 15 is 0 Å². The van der Waals surface area contributed by atoms with Crippen molar-refractivity contribution in [1.82, 2.24) is 0 Å². The summed E-state index contributed by atoms with van der Waals surface area (Å²) in [5.41, 5.74) is 7.41. The van der Waals surface area contributed by atoms with Crippen LogP contribution in [0.25, 0.3) is 10.1 Å². The van der Waals surface area contributed by atoms with Crippen LogP contribution < -0.4 is 20.3 Å². The lowest BCUT2D eigenvalue weighted by Gasteiger charge is -2.32. The van der Waals surface area contributed by atoms with Crippen LogP contribution in [0.2, 0.25) is 0 Å². The molecule has 100 valence electrons. The van der Waals surface area contributed by atoms with E-state index in [1.165, 1.54) is 16.2 Å². The smallest absolute Gasteiger partial charge is 0.257 e. The quantitative estimate of drug-likeness (QED) is 0.781. The highest BCUT2D eigenvalue weighted by atomic mass is 32.1. The summed E-state index contributed by atoms with van der Waals surface area (Å²) in [6.45, 7) is 4.07. The number of quaternary nitrogens is 1. The molecule has 0 aliphatic carbocycles. The summed E-state index contributed by atoms with van der Waals surface area (Å²) >= 11 is 1.23. The Morgan fingerprint density at radius 2 is 1.95 bits per heavy atom. The third-order valence-corrected chi connectivity index (χ3v) is 4.73. The number of nitrogen functional groups attached to an aromatic ring is 1. The van der Waals surface area contributed by atoms with Gasteiger partial charge in [-0.15, -0.1) is 0 Å². The fourth-order valence-electron chi connectivity index (χ4n) is 2.60. The highest BCUT2D eigenvalue weighted by Gasteiger charge is 2.22. The molecule has 1 aromatic heterocycles. The van der Waals surface area contributed by atoms with Gasteiger partial charge in [0.25, 0.3) is 4.74 Å². The van der Waals surface area contributed by atoms with Gasteiger partial charge in [-0.3, -0.25) is 4.79 Å². The molecule has 0 spiro atoms. The fraction of sp³-hybridized carbons (Fsp3) is 0.357. The molecular formula is C14H18N3OS+. The first-order valence-corrected chi connectivity index (χ1v) is 7.36. The molecular weight excluding hydrogens is 258 g/mol. The van der Waals surface area contributed by atoms with Crippen LogP contribution in [-0.4, -0.2) is 33.2 Å². The van der Waals surface area contributed by atoms with Gasteiger partial charge in [0.1, 0.15) is 5.69 Å². The molecule has 5 heteroatoms. The Morgan fingerprint density at radius 3 is 2.68 bits per heavy atom. The number of benzene rings is 1. The number of nitrogens with two attached hydrogens (primary N) is 1. The molecule has 1 saturated heterocycles. The summed E-state index contributed by atoms with van der Waals surface area (Å²) in [5.74, 6) is 0. The van der Waals surface area contributed by atoms with Gasteiger partial charge in [0, 0.05) is 10.1 Å². The van der Waals surface area contributed by atoms with Crippen molar-refractivity contribution in [2.24, 2.45) is 0 Å². The largest absolute Gasteiger partial charge is 0.393 e. The van der Waals surface area contributed by atoms with Gasteiger partial charge in [0.15, 0.2) is 0 Å². The van der Waals surface area contributed by atoms with Gasteiger partial charge in [0.2, 0.25) is 0 Å². The van der Waals surface area contributed by atoms with Crippen LogP contribution in [0, 0.1) is 0 Å². The summed E-state index contributed by atoms with van der Waals surface area (Å²) in [7, 11) is 2.20. The predicted octanol–water partition coefficient (Wildman–Crippen LogP) is 0.178. The first kappa shape index (κ1) is 12.4. The molecule has 2 heterocycles. The maximum Gasteiger partial charge on any atom is 0.257 e. The van der Waals surface area contributed by atoms with Crippen molar-refractivity contribution in [1.29, 1.82) is 0 Å². The molecule has 0 unspecified atom stereocenters. The Bertz CT molecular complexity index is 659. The fourth-order valence-corrected chi connectivity index (χ4v) is 3.43. The molecule has 0 atom stereocenters. The minimum atomic E-state index is -0.0278. The van der Waals surface area contributed by atoms with E-state index in [0.717, 1.165) is 42.0 Å². The highest BCUT2D eigenvalue weighted by Crippen LogP contribution is 2.32. The number of fused-ring (bicyclic) bond motifs is 1. The molecule has 4 nitrogen and oxygen atoms in total. The van der Waals surface area contributed by atoms with Crippen molar-refractivity contribution in [3.05, 3.63) is 33.8 Å². The van der Waals surface area contributed by atoms with Crippen LogP contribution in [0.15, 0.2) is 29.1 Å². The van der Waals surface area contributed by atoms with Crippen molar-refractivity contribution in [3.8, 4) is 0 Å². The van der Waals surface area contributed by atoms with Crippen molar-refractivity contribution in [2.75, 3.05) is 43.9 Å². The summed E-state index contributed by atoms with van der Waals surface area (Å²) in [6.07, 6.45) is 0. The van der Waals surface area contributed by atoms with Gasteiger partial charge in [-0.1, -0.05) is 29.5 Å². The Labute approximate surface area is 116 Å². The average molecular weight is 276 g/mol. The zero-order valence-electron chi connectivity index (χ0n) is 11.0. The third-order valence-electron chi connectivity index (χ3n) is 3.75. The molecule has 2 aromatic rings. The highest BCUT2D eigenvalue weighted by molar-refractivity contribution is 7.16. The zero-order chi connectivity index (χ0) is 13.4. The molecule has 1 aromatic carbocycles. The second kappa shape index (κ2) is 4.83. The first-order chi connectivity index (χ1) is 9.16. The molecule has 19 heavy (non-hydrogen) atoms.